The molecule has 26 heavy (non-hydrogen) atoms. The summed E-state index contributed by atoms with van der Waals surface area (Å²) in [7, 11) is 1.65. The minimum atomic E-state index is -0.666. The molecule has 0 saturated heterocycles. The summed E-state index contributed by atoms with van der Waals surface area (Å²) in [4.78, 5) is 0. The maximum absolute atomic E-state index is 10.2. The molecule has 2 aromatic rings. The highest BCUT2D eigenvalue weighted by atomic mass is 35.5. The molecular weight excluding hydrogens is 373 g/mol. The zero-order chi connectivity index (χ0) is 19.2. The highest BCUT2D eigenvalue weighted by Crippen LogP contribution is 2.31. The van der Waals surface area contributed by atoms with Crippen molar-refractivity contribution >= 4 is 23.2 Å². The number of methoxy groups -OCH3 is 1. The van der Waals surface area contributed by atoms with Gasteiger partial charge in [0, 0.05) is 12.1 Å². The average molecular weight is 398 g/mol. The van der Waals surface area contributed by atoms with Crippen LogP contribution in [0.2, 0.25) is 10.0 Å². The van der Waals surface area contributed by atoms with Gasteiger partial charge in [-0.3, -0.25) is 0 Å². The Labute approximate surface area is 165 Å². The van der Waals surface area contributed by atoms with Crippen LogP contribution in [0.3, 0.4) is 0 Å². The number of rotatable bonds is 9. The zero-order valence-electron chi connectivity index (χ0n) is 15.3. The molecule has 0 fully saturated rings. The van der Waals surface area contributed by atoms with E-state index in [1.54, 1.807) is 25.3 Å². The molecule has 2 rings (SSSR count). The highest BCUT2D eigenvalue weighted by molar-refractivity contribution is 6.42. The number of halogens is 2. The number of hydrogen-bond donors (Lipinski definition) is 2. The molecule has 6 heteroatoms. The molecule has 142 valence electrons. The standard InChI is InChI=1S/C20H25Cl2NO3/c1-20(2,11-14-7-9-16(25-3)10-8-14)23-12-15(24)13-26-18-6-4-5-17(21)19(18)22/h4-10,15,23-24H,11-13H2,1-3H3. The maximum Gasteiger partial charge on any atom is 0.139 e. The second-order valence-electron chi connectivity index (χ2n) is 6.81. The third-order valence-corrected chi connectivity index (χ3v) is 4.77. The summed E-state index contributed by atoms with van der Waals surface area (Å²) in [6, 6.07) is 13.2. The van der Waals surface area contributed by atoms with Crippen LogP contribution in [0.1, 0.15) is 19.4 Å². The van der Waals surface area contributed by atoms with Gasteiger partial charge in [0.05, 0.1) is 12.1 Å². The lowest BCUT2D eigenvalue weighted by atomic mass is 9.94. The summed E-state index contributed by atoms with van der Waals surface area (Å²) in [6.45, 7) is 4.73. The van der Waals surface area contributed by atoms with E-state index in [4.69, 9.17) is 32.7 Å². The Bertz CT molecular complexity index is 705. The summed E-state index contributed by atoms with van der Waals surface area (Å²) in [5.74, 6) is 1.31. The molecule has 1 unspecified atom stereocenters. The van der Waals surface area contributed by atoms with Crippen molar-refractivity contribution in [1.29, 1.82) is 0 Å². The predicted octanol–water partition coefficient (Wildman–Crippen LogP) is 4.35. The lowest BCUT2D eigenvalue weighted by Gasteiger charge is -2.28. The molecule has 0 aliphatic carbocycles. The van der Waals surface area contributed by atoms with Crippen LogP contribution in [0.25, 0.3) is 0 Å². The molecule has 0 aromatic heterocycles. The van der Waals surface area contributed by atoms with E-state index in [0.717, 1.165) is 12.2 Å². The van der Waals surface area contributed by atoms with Crippen LogP contribution in [0, 0.1) is 0 Å². The molecule has 0 radical (unpaired) electrons. The second-order valence-corrected chi connectivity index (χ2v) is 7.59. The summed E-state index contributed by atoms with van der Waals surface area (Å²) in [5, 5.41) is 14.3. The SMILES string of the molecule is COc1ccc(CC(C)(C)NCC(O)COc2cccc(Cl)c2Cl)cc1. The van der Waals surface area contributed by atoms with Gasteiger partial charge in [-0.15, -0.1) is 0 Å². The van der Waals surface area contributed by atoms with Crippen LogP contribution in [0.5, 0.6) is 11.5 Å². The Hall–Kier alpha value is -1.46. The summed E-state index contributed by atoms with van der Waals surface area (Å²) < 4.78 is 10.7. The van der Waals surface area contributed by atoms with Crippen LogP contribution in [-0.4, -0.2) is 37.0 Å². The van der Waals surface area contributed by atoms with E-state index in [9.17, 15) is 5.11 Å². The van der Waals surface area contributed by atoms with Crippen molar-refractivity contribution in [2.75, 3.05) is 20.3 Å². The Balaban J connectivity index is 1.81. The Morgan fingerprint density at radius 2 is 1.81 bits per heavy atom. The van der Waals surface area contributed by atoms with E-state index < -0.39 is 6.10 Å². The van der Waals surface area contributed by atoms with Crippen LogP contribution in [0.15, 0.2) is 42.5 Å². The Kier molecular flexibility index (Phi) is 7.59. The van der Waals surface area contributed by atoms with Gasteiger partial charge in [0.15, 0.2) is 0 Å². The van der Waals surface area contributed by atoms with Gasteiger partial charge in [-0.25, -0.2) is 0 Å². The van der Waals surface area contributed by atoms with E-state index in [-0.39, 0.29) is 12.1 Å². The molecule has 4 nitrogen and oxygen atoms in total. The molecule has 0 saturated carbocycles. The van der Waals surface area contributed by atoms with Gasteiger partial charge in [-0.05, 0) is 50.1 Å². The van der Waals surface area contributed by atoms with Gasteiger partial charge >= 0.3 is 0 Å². The third-order valence-electron chi connectivity index (χ3n) is 3.97. The molecule has 0 spiro atoms. The lowest BCUT2D eigenvalue weighted by Crippen LogP contribution is -2.46. The molecule has 0 heterocycles. The minimum Gasteiger partial charge on any atom is -0.497 e. The van der Waals surface area contributed by atoms with Crippen molar-refractivity contribution in [1.82, 2.24) is 5.32 Å². The molecule has 2 N–H and O–H groups in total. The van der Waals surface area contributed by atoms with Gasteiger partial charge in [0.2, 0.25) is 0 Å². The maximum atomic E-state index is 10.2. The van der Waals surface area contributed by atoms with E-state index in [2.05, 4.69) is 19.2 Å². The van der Waals surface area contributed by atoms with Gasteiger partial charge in [0.1, 0.15) is 29.2 Å². The van der Waals surface area contributed by atoms with Crippen LogP contribution in [-0.2, 0) is 6.42 Å². The van der Waals surface area contributed by atoms with Crippen LogP contribution < -0.4 is 14.8 Å². The second kappa shape index (κ2) is 9.47. The molecular formula is C20H25Cl2NO3. The fourth-order valence-electron chi connectivity index (χ4n) is 2.55. The van der Waals surface area contributed by atoms with E-state index in [1.807, 2.05) is 24.3 Å². The third kappa shape index (κ3) is 6.36. The first-order valence-corrected chi connectivity index (χ1v) is 9.19. The van der Waals surface area contributed by atoms with Crippen molar-refractivity contribution in [3.63, 3.8) is 0 Å². The first kappa shape index (κ1) is 20.8. The summed E-state index contributed by atoms with van der Waals surface area (Å²) >= 11 is 12.0. The van der Waals surface area contributed by atoms with E-state index in [0.29, 0.717) is 22.3 Å². The molecule has 2 aromatic carbocycles. The van der Waals surface area contributed by atoms with E-state index in [1.165, 1.54) is 5.56 Å². The predicted molar refractivity (Wildman–Crippen MR) is 107 cm³/mol. The normalized spacial score (nSPS) is 12.7. The number of aliphatic hydroxyl groups excluding tert-OH is 1. The molecule has 1 atom stereocenters. The van der Waals surface area contributed by atoms with Crippen LogP contribution >= 0.6 is 23.2 Å². The number of β-amino-alcohol motifs (C(OH)–C–C–N with tert-alkyl or cyclic N) is 1. The molecule has 0 amide bonds. The largest absolute Gasteiger partial charge is 0.497 e. The first-order chi connectivity index (χ1) is 12.3. The number of hydrogen-bond acceptors (Lipinski definition) is 4. The van der Waals surface area contributed by atoms with Gasteiger partial charge < -0.3 is 19.9 Å². The van der Waals surface area contributed by atoms with Crippen LogP contribution in [0.4, 0.5) is 0 Å². The highest BCUT2D eigenvalue weighted by Gasteiger charge is 2.20. The van der Waals surface area contributed by atoms with Gasteiger partial charge in [0.25, 0.3) is 0 Å². The van der Waals surface area contributed by atoms with E-state index >= 15 is 0 Å². The fraction of sp³-hybridized carbons (Fsp3) is 0.400. The van der Waals surface area contributed by atoms with Crippen molar-refractivity contribution < 1.29 is 14.6 Å². The van der Waals surface area contributed by atoms with Crippen molar-refractivity contribution in [2.45, 2.75) is 31.9 Å². The summed E-state index contributed by atoms with van der Waals surface area (Å²) in [6.07, 6.45) is 0.158. The quantitative estimate of drug-likeness (QED) is 0.659. The Morgan fingerprint density at radius 3 is 2.46 bits per heavy atom. The average Bonchev–Trinajstić information content (AvgIpc) is 2.61. The molecule has 0 aliphatic heterocycles. The monoisotopic (exact) mass is 397 g/mol. The van der Waals surface area contributed by atoms with Crippen molar-refractivity contribution in [2.24, 2.45) is 0 Å². The number of aliphatic hydroxyl groups is 1. The minimum absolute atomic E-state index is 0.131. The van der Waals surface area contributed by atoms with Crippen molar-refractivity contribution in [3.8, 4) is 11.5 Å². The number of benzene rings is 2. The van der Waals surface area contributed by atoms with Crippen molar-refractivity contribution in [3.05, 3.63) is 58.1 Å². The smallest absolute Gasteiger partial charge is 0.139 e. The zero-order valence-corrected chi connectivity index (χ0v) is 16.8. The molecule has 0 aliphatic rings. The lowest BCUT2D eigenvalue weighted by molar-refractivity contribution is 0.0989. The topological polar surface area (TPSA) is 50.7 Å². The first-order valence-electron chi connectivity index (χ1n) is 8.43. The van der Waals surface area contributed by atoms with Gasteiger partial charge in [-0.1, -0.05) is 41.4 Å². The summed E-state index contributed by atoms with van der Waals surface area (Å²) in [5.41, 5.74) is 1.02. The fourth-order valence-corrected chi connectivity index (χ4v) is 2.90. The number of ether oxygens (including phenoxy) is 2. The number of nitrogens with one attached hydrogen (secondary N) is 1. The molecule has 0 bridgehead atoms. The van der Waals surface area contributed by atoms with Gasteiger partial charge in [-0.2, -0.15) is 0 Å². The Morgan fingerprint density at radius 1 is 1.12 bits per heavy atom.